The van der Waals surface area contributed by atoms with Crippen LogP contribution >= 0.6 is 59.9 Å². The van der Waals surface area contributed by atoms with Gasteiger partial charge in [0.05, 0.1) is 12.5 Å². The summed E-state index contributed by atoms with van der Waals surface area (Å²) in [6.07, 6.45) is 1.37. The molecule has 108 valence electrons. The van der Waals surface area contributed by atoms with Crippen LogP contribution in [0.2, 0.25) is 0 Å². The Labute approximate surface area is 151 Å². The van der Waals surface area contributed by atoms with Crippen LogP contribution in [0.15, 0.2) is 30.3 Å². The van der Waals surface area contributed by atoms with E-state index in [9.17, 15) is 9.90 Å². The normalized spacial score (nSPS) is 11.6. The van der Waals surface area contributed by atoms with Crippen LogP contribution in [-0.2, 0) is 16.1 Å². The topological polar surface area (TPSA) is 57.5 Å². The van der Waals surface area contributed by atoms with E-state index in [2.05, 4.69) is 59.9 Å². The minimum absolute atomic E-state index is 0.158. The number of carbonyl (C=O) groups is 1. The second-order valence-electron chi connectivity index (χ2n) is 3.82. The molecular weight excluding hydrogens is 624 g/mol. The van der Waals surface area contributed by atoms with Gasteiger partial charge < -0.3 is 10.2 Å². The van der Waals surface area contributed by atoms with Gasteiger partial charge in [-0.2, -0.15) is 0 Å². The molecule has 0 aliphatic carbocycles. The number of rotatable bonds is 6. The fraction of sp³-hybridized carbons (Fsp3) is 0.417. The van der Waals surface area contributed by atoms with Gasteiger partial charge in [-0.05, 0) is 24.8 Å². The molecule has 1 unspecified atom stereocenters. The first-order chi connectivity index (χ1) is 8.91. The van der Waals surface area contributed by atoms with Crippen molar-refractivity contribution in [2.24, 2.45) is 0 Å². The Balaban J connectivity index is 0.000000711. The van der Waals surface area contributed by atoms with E-state index in [0.717, 1.165) is 12.8 Å². The Hall–Kier alpha value is 1.42. The van der Waals surface area contributed by atoms with Crippen LogP contribution in [0.4, 0.5) is 0 Å². The molecule has 3 nitrogen and oxygen atoms in total. The predicted molar refractivity (Wildman–Crippen MR) is 99.7 cm³/mol. The maximum absolute atomic E-state index is 10.3. The quantitative estimate of drug-likeness (QED) is 0.451. The fourth-order valence-corrected chi connectivity index (χ4v) is 1.49. The standard InChI is InChI=1S/C12H16O3.3HI.V/c13-11(9-12(14)15)8-4-7-10-5-2-1-3-6-10;;;;/h1-3,5-6,11,13H,4,7-9H2,(H,14,15);3*1H;/q;;;;+3/p-3. The van der Waals surface area contributed by atoms with E-state index in [1.165, 1.54) is 5.56 Å². The second kappa shape index (κ2) is 13.1. The molecular formula is C12H16I3O3V. The molecule has 0 saturated carbocycles. The summed E-state index contributed by atoms with van der Waals surface area (Å²) in [6.45, 7) is 0. The van der Waals surface area contributed by atoms with Crippen molar-refractivity contribution < 1.29 is 19.9 Å². The first-order valence-corrected chi connectivity index (χ1v) is 19.1. The molecule has 0 aromatic heterocycles. The van der Waals surface area contributed by atoms with E-state index in [4.69, 9.17) is 5.11 Å². The van der Waals surface area contributed by atoms with Crippen LogP contribution in [0, 0.1) is 0 Å². The summed E-state index contributed by atoms with van der Waals surface area (Å²) < 4.78 is 0. The average molecular weight is 640 g/mol. The number of benzene rings is 1. The monoisotopic (exact) mass is 640 g/mol. The van der Waals surface area contributed by atoms with Crippen LogP contribution in [0.1, 0.15) is 24.8 Å². The van der Waals surface area contributed by atoms with E-state index in [0.29, 0.717) is 6.42 Å². The van der Waals surface area contributed by atoms with Crippen LogP contribution in [0.5, 0.6) is 0 Å². The molecule has 0 radical (unpaired) electrons. The molecule has 19 heavy (non-hydrogen) atoms. The van der Waals surface area contributed by atoms with Gasteiger partial charge in [-0.15, -0.1) is 0 Å². The molecule has 0 aliphatic rings. The minimum atomic E-state index is -0.942. The number of halogens is 3. The summed E-state index contributed by atoms with van der Waals surface area (Å²) in [5, 5.41) is 17.8. The zero-order chi connectivity index (χ0) is 14.7. The molecule has 1 atom stereocenters. The number of aliphatic hydroxyl groups excluding tert-OH is 1. The van der Waals surface area contributed by atoms with Gasteiger partial charge in [0.1, 0.15) is 0 Å². The summed E-state index contributed by atoms with van der Waals surface area (Å²) in [4.78, 5) is 10.0. The third-order valence-electron chi connectivity index (χ3n) is 2.26. The van der Waals surface area contributed by atoms with Gasteiger partial charge in [-0.25, -0.2) is 0 Å². The molecule has 0 heterocycles. The van der Waals surface area contributed by atoms with E-state index >= 15 is 0 Å². The van der Waals surface area contributed by atoms with Crippen LogP contribution in [0.25, 0.3) is 0 Å². The number of carboxylic acids is 1. The first-order valence-electron chi connectivity index (χ1n) is 5.63. The molecule has 0 spiro atoms. The van der Waals surface area contributed by atoms with Crippen molar-refractivity contribution in [2.75, 3.05) is 0 Å². The van der Waals surface area contributed by atoms with E-state index in [1.54, 1.807) is 0 Å². The van der Waals surface area contributed by atoms with Crippen molar-refractivity contribution in [1.82, 2.24) is 0 Å². The Bertz CT molecular complexity index is 347. The molecule has 0 bridgehead atoms. The summed E-state index contributed by atoms with van der Waals surface area (Å²) in [7, 11) is 0. The van der Waals surface area contributed by atoms with Gasteiger partial charge in [-0.1, -0.05) is 30.3 Å². The summed E-state index contributed by atoms with van der Waals surface area (Å²) >= 11 is 7.39. The van der Waals surface area contributed by atoms with Gasteiger partial charge in [0, 0.05) is 0 Å². The number of aliphatic carboxylic acids is 1. The summed E-state index contributed by atoms with van der Waals surface area (Å²) in [6, 6.07) is 9.97. The third kappa shape index (κ3) is 15.6. The van der Waals surface area contributed by atoms with E-state index in [-0.39, 0.29) is 11.3 Å². The van der Waals surface area contributed by atoms with Gasteiger partial charge in [-0.3, -0.25) is 4.79 Å². The van der Waals surface area contributed by atoms with Crippen molar-refractivity contribution >= 4 is 65.9 Å². The fourth-order valence-electron chi connectivity index (χ4n) is 1.49. The molecule has 1 rings (SSSR count). The molecule has 0 aliphatic heterocycles. The average Bonchev–Trinajstić information content (AvgIpc) is 2.28. The van der Waals surface area contributed by atoms with Crippen LogP contribution < -0.4 is 0 Å². The molecule has 0 saturated heterocycles. The summed E-state index contributed by atoms with van der Waals surface area (Å²) in [5.74, 6) is -0.942. The Morgan fingerprint density at radius 3 is 2.21 bits per heavy atom. The molecule has 1 aromatic rings. The summed E-state index contributed by atoms with van der Waals surface area (Å²) in [5.41, 5.74) is 1.22. The van der Waals surface area contributed by atoms with Crippen molar-refractivity contribution in [1.29, 1.82) is 0 Å². The maximum atomic E-state index is 10.3. The van der Waals surface area contributed by atoms with Crippen molar-refractivity contribution in [2.45, 2.75) is 31.8 Å². The number of carboxylic acid groups (broad SMARTS) is 1. The molecule has 0 fully saturated rings. The Morgan fingerprint density at radius 2 is 1.74 bits per heavy atom. The van der Waals surface area contributed by atoms with Gasteiger partial charge in [0.2, 0.25) is 0 Å². The second-order valence-corrected chi connectivity index (χ2v) is 39.2. The van der Waals surface area contributed by atoms with E-state index < -0.39 is 12.1 Å². The molecule has 7 heteroatoms. The van der Waals surface area contributed by atoms with Gasteiger partial charge >= 0.3 is 70.8 Å². The van der Waals surface area contributed by atoms with Gasteiger partial charge in [0.15, 0.2) is 0 Å². The Morgan fingerprint density at radius 1 is 1.21 bits per heavy atom. The zero-order valence-corrected chi connectivity index (χ0v) is 18.0. The van der Waals surface area contributed by atoms with Crippen molar-refractivity contribution in [3.63, 3.8) is 0 Å². The SMILES string of the molecule is O=C(O)CC(O)CCCc1ccccc1.[I][V]([I])[I]. The van der Waals surface area contributed by atoms with E-state index in [1.807, 2.05) is 30.3 Å². The molecule has 2 N–H and O–H groups in total. The predicted octanol–water partition coefficient (Wildman–Crippen LogP) is 4.50. The Kier molecular flexibility index (Phi) is 14.1. The molecule has 0 amide bonds. The molecule has 1 aromatic carbocycles. The third-order valence-corrected chi connectivity index (χ3v) is 2.26. The van der Waals surface area contributed by atoms with Crippen LogP contribution in [-0.4, -0.2) is 22.3 Å². The van der Waals surface area contributed by atoms with Crippen LogP contribution in [0.3, 0.4) is 0 Å². The number of aryl methyl sites for hydroxylation is 1. The van der Waals surface area contributed by atoms with Crippen molar-refractivity contribution in [3.05, 3.63) is 35.9 Å². The first kappa shape index (κ1) is 20.4. The number of hydrogen-bond acceptors (Lipinski definition) is 2. The van der Waals surface area contributed by atoms with Crippen molar-refractivity contribution in [3.8, 4) is 0 Å². The zero-order valence-electron chi connectivity index (χ0n) is 10.2. The van der Waals surface area contributed by atoms with Gasteiger partial charge in [0.25, 0.3) is 0 Å². The number of aliphatic hydroxyl groups is 1. The number of hydrogen-bond donors (Lipinski definition) is 2.